The van der Waals surface area contributed by atoms with Crippen molar-refractivity contribution >= 4 is 28.6 Å². The number of thioether (sulfide) groups is 1. The van der Waals surface area contributed by atoms with E-state index in [1.165, 1.54) is 73.5 Å². The lowest BCUT2D eigenvalue weighted by Gasteiger charge is -2.11. The Morgan fingerprint density at radius 3 is 1.69 bits per heavy atom. The summed E-state index contributed by atoms with van der Waals surface area (Å²) in [6.07, 6.45) is 13.0. The van der Waals surface area contributed by atoms with Gasteiger partial charge in [-0.2, -0.15) is 0 Å². The lowest BCUT2D eigenvalue weighted by atomic mass is 9.93. The highest BCUT2D eigenvalue weighted by atomic mass is 32.2. The normalized spacial score (nSPS) is 11.7. The molecule has 0 aliphatic carbocycles. The zero-order valence-electron chi connectivity index (χ0n) is 41.1. The number of fused-ring (bicyclic) bond motifs is 1. The van der Waals surface area contributed by atoms with E-state index in [2.05, 4.69) is 131 Å². The van der Waals surface area contributed by atoms with Crippen LogP contribution in [0, 0.1) is 43.3 Å². The number of hydrogen-bond donors (Lipinski definition) is 0. The molecule has 346 valence electrons. The fourth-order valence-electron chi connectivity index (χ4n) is 7.13. The summed E-state index contributed by atoms with van der Waals surface area (Å²) < 4.78 is 20.2. The van der Waals surface area contributed by atoms with Crippen LogP contribution in [0.15, 0.2) is 169 Å². The van der Waals surface area contributed by atoms with Crippen LogP contribution in [-0.4, -0.2) is 18.5 Å². The van der Waals surface area contributed by atoms with Gasteiger partial charge in [0.1, 0.15) is 5.82 Å². The van der Waals surface area contributed by atoms with Crippen molar-refractivity contribution < 1.29 is 9.13 Å². The minimum Gasteiger partial charge on any atom is -0.373 e. The Hall–Kier alpha value is -6.10. The summed E-state index contributed by atoms with van der Waals surface area (Å²) in [6, 6.07) is 52.7. The number of aryl methyl sites for hydroxylation is 2. The van der Waals surface area contributed by atoms with Gasteiger partial charge < -0.3 is 4.74 Å². The number of epoxide rings is 1. The molecular weight excluding hydrogens is 836 g/mol. The van der Waals surface area contributed by atoms with Crippen molar-refractivity contribution in [3.05, 3.63) is 204 Å². The molecule has 1 atom stereocenters. The lowest BCUT2D eigenvalue weighted by Crippen LogP contribution is -1.88. The Labute approximate surface area is 408 Å². The minimum atomic E-state index is -0.261. The molecule has 0 aromatic heterocycles. The molecule has 0 N–H and O–H groups in total. The molecule has 67 heavy (non-hydrogen) atoms. The van der Waals surface area contributed by atoms with E-state index in [-0.39, 0.29) is 5.82 Å². The van der Waals surface area contributed by atoms with E-state index in [4.69, 9.17) is 4.74 Å². The zero-order valence-corrected chi connectivity index (χ0v) is 42.0. The number of benzene rings is 7. The Morgan fingerprint density at radius 2 is 1.15 bits per heavy atom. The Morgan fingerprint density at radius 1 is 0.612 bits per heavy atom. The molecule has 0 spiro atoms. The predicted octanol–water partition coefficient (Wildman–Crippen LogP) is 18.4. The maximum Gasteiger partial charge on any atom is 0.132 e. The average Bonchev–Trinajstić information content (AvgIpc) is 4.20. The second-order valence-electron chi connectivity index (χ2n) is 16.3. The molecule has 8 rings (SSSR count). The van der Waals surface area contributed by atoms with Crippen LogP contribution in [0.3, 0.4) is 0 Å². The summed E-state index contributed by atoms with van der Waals surface area (Å²) >= 11 is 1.87. The molecule has 1 unspecified atom stereocenters. The number of rotatable bonds is 13. The Balaban J connectivity index is 0.000000328. The van der Waals surface area contributed by atoms with E-state index >= 15 is 4.39 Å². The van der Waals surface area contributed by atoms with Gasteiger partial charge in [0, 0.05) is 27.1 Å². The minimum absolute atomic E-state index is 0.261. The fourth-order valence-corrected chi connectivity index (χ4v) is 8.04. The second kappa shape index (κ2) is 31.0. The number of ether oxygens (including phenoxy) is 1. The molecule has 1 aliphatic heterocycles. The highest BCUT2D eigenvalue weighted by Crippen LogP contribution is 2.32. The number of unbranched alkanes of at least 4 members (excludes halogenated alkanes) is 5. The van der Waals surface area contributed by atoms with Crippen LogP contribution in [0.5, 0.6) is 0 Å². The van der Waals surface area contributed by atoms with Crippen LogP contribution in [-0.2, 0) is 4.74 Å². The zero-order chi connectivity index (χ0) is 48.1. The molecule has 0 amide bonds. The third-order valence-corrected chi connectivity index (χ3v) is 12.0. The number of hydrogen-bond acceptors (Lipinski definition) is 2. The van der Waals surface area contributed by atoms with Crippen LogP contribution in [0.2, 0.25) is 0 Å². The Kier molecular flexibility index (Phi) is 24.7. The van der Waals surface area contributed by atoms with Gasteiger partial charge in [-0.1, -0.05) is 217 Å². The van der Waals surface area contributed by atoms with Gasteiger partial charge in [0.05, 0.1) is 12.7 Å². The van der Waals surface area contributed by atoms with Gasteiger partial charge in [-0.3, -0.25) is 0 Å². The molecule has 3 heteroatoms. The highest BCUT2D eigenvalue weighted by Gasteiger charge is 2.20. The van der Waals surface area contributed by atoms with Crippen molar-refractivity contribution in [1.82, 2.24) is 0 Å². The van der Waals surface area contributed by atoms with E-state index in [0.717, 1.165) is 56.5 Å². The van der Waals surface area contributed by atoms with Gasteiger partial charge in [-0.25, -0.2) is 4.39 Å². The quantitative estimate of drug-likeness (QED) is 0.0495. The topological polar surface area (TPSA) is 12.5 Å². The van der Waals surface area contributed by atoms with Gasteiger partial charge in [0.15, 0.2) is 0 Å². The van der Waals surface area contributed by atoms with Crippen LogP contribution in [0.25, 0.3) is 39.1 Å². The first-order valence-electron chi connectivity index (χ1n) is 24.2. The van der Waals surface area contributed by atoms with Crippen molar-refractivity contribution in [3.63, 3.8) is 0 Å². The van der Waals surface area contributed by atoms with E-state index in [0.29, 0.717) is 17.2 Å². The lowest BCUT2D eigenvalue weighted by molar-refractivity contribution is 0.389. The first-order valence-corrected chi connectivity index (χ1v) is 25.2. The average molecular weight is 907 g/mol. The molecule has 1 aliphatic rings. The van der Waals surface area contributed by atoms with Gasteiger partial charge in [0.25, 0.3) is 0 Å². The largest absolute Gasteiger partial charge is 0.373 e. The van der Waals surface area contributed by atoms with Gasteiger partial charge in [-0.15, -0.1) is 17.7 Å². The molecule has 7 aromatic carbocycles. The third-order valence-electron chi connectivity index (χ3n) is 10.9. The van der Waals surface area contributed by atoms with Crippen molar-refractivity contribution in [2.75, 3.05) is 12.4 Å². The smallest absolute Gasteiger partial charge is 0.132 e. The summed E-state index contributed by atoms with van der Waals surface area (Å²) in [7, 11) is 0. The fraction of sp³-hybridized carbons (Fsp3) is 0.281. The van der Waals surface area contributed by atoms with E-state index in [9.17, 15) is 0 Å². The van der Waals surface area contributed by atoms with E-state index in [1.54, 1.807) is 0 Å². The molecule has 1 fully saturated rings. The van der Waals surface area contributed by atoms with Crippen LogP contribution >= 0.6 is 11.8 Å². The standard InChI is InChI=1S/C41H35FS.C7H14O.2C7H8.C2H6/c1-4-7-8-9-27-43-36-22-19-34(20-23-36)40-25-16-32(29-41(40)42)12-11-31-15-24-39-35(28-31)21-26-38(37(39)6-3)33-17-13-30(10-5-2)14-18-33;1-2-3-4-5-7-6-8-7;2*1-7-5-3-2-4-6-7;1-2/h6,13-26,28-29H,3-4,7-9,27H2,1-2H3;7H,2-6H2,1H3;2*2-6H,1H3;1-2H3. The predicted molar refractivity (Wildman–Crippen MR) is 292 cm³/mol. The molecular formula is C64H71FOS. The summed E-state index contributed by atoms with van der Waals surface area (Å²) in [5.41, 5.74) is 9.99. The van der Waals surface area contributed by atoms with Gasteiger partial charge >= 0.3 is 0 Å². The van der Waals surface area contributed by atoms with E-state index in [1.807, 2.05) is 117 Å². The summed E-state index contributed by atoms with van der Waals surface area (Å²) in [4.78, 5) is 1.23. The first-order chi connectivity index (χ1) is 32.8. The molecule has 1 saturated heterocycles. The van der Waals surface area contributed by atoms with Crippen molar-refractivity contribution in [3.8, 4) is 45.9 Å². The maximum atomic E-state index is 15.1. The Bertz CT molecular complexity index is 2580. The summed E-state index contributed by atoms with van der Waals surface area (Å²) in [6.45, 7) is 19.6. The second-order valence-corrected chi connectivity index (χ2v) is 17.4. The van der Waals surface area contributed by atoms with Crippen LogP contribution in [0.4, 0.5) is 4.39 Å². The third kappa shape index (κ3) is 19.3. The SMILES string of the molecule is C=Cc1c(-c2ccc(C#CC)cc2)ccc2cc(C#Cc3ccc(-c4ccc(SCCCCCC)cc4)c(F)c3)ccc12.CC.CCCCCC1CO1.Cc1ccccc1.Cc1ccccc1. The first kappa shape index (κ1) is 53.5. The maximum absolute atomic E-state index is 15.1. The monoisotopic (exact) mass is 907 g/mol. The molecule has 1 nitrogen and oxygen atoms in total. The van der Waals surface area contributed by atoms with Crippen molar-refractivity contribution in [2.45, 2.75) is 111 Å². The summed E-state index contributed by atoms with van der Waals surface area (Å²) in [5, 5.41) is 2.20. The number of halogens is 1. The molecule has 1 heterocycles. The molecule has 0 radical (unpaired) electrons. The molecule has 7 aromatic rings. The van der Waals surface area contributed by atoms with Gasteiger partial charge in [-0.05, 0) is 121 Å². The molecule has 0 saturated carbocycles. The summed E-state index contributed by atoms with van der Waals surface area (Å²) in [5.74, 6) is 13.3. The van der Waals surface area contributed by atoms with Crippen LogP contribution in [0.1, 0.15) is 119 Å². The van der Waals surface area contributed by atoms with Gasteiger partial charge in [0.2, 0.25) is 0 Å². The highest BCUT2D eigenvalue weighted by molar-refractivity contribution is 7.99. The van der Waals surface area contributed by atoms with Crippen molar-refractivity contribution in [1.29, 1.82) is 0 Å². The molecule has 0 bridgehead atoms. The van der Waals surface area contributed by atoms with Crippen molar-refractivity contribution in [2.24, 2.45) is 0 Å². The van der Waals surface area contributed by atoms with E-state index < -0.39 is 0 Å². The van der Waals surface area contributed by atoms with Crippen LogP contribution < -0.4 is 0 Å².